The van der Waals surface area contributed by atoms with Crippen LogP contribution >= 0.6 is 0 Å². The molecule has 1 aliphatic heterocycles. The number of carbonyl (C=O) groups is 1. The van der Waals surface area contributed by atoms with Crippen LogP contribution in [0.4, 0.5) is 0 Å². The van der Waals surface area contributed by atoms with Crippen molar-refractivity contribution in [2.75, 3.05) is 33.2 Å². The Morgan fingerprint density at radius 2 is 2.20 bits per heavy atom. The van der Waals surface area contributed by atoms with Gasteiger partial charge in [-0.05, 0) is 25.3 Å². The fourth-order valence-electron chi connectivity index (χ4n) is 2.83. The van der Waals surface area contributed by atoms with Gasteiger partial charge in [0.05, 0.1) is 6.54 Å². The Hall–Kier alpha value is -0.610. The van der Waals surface area contributed by atoms with Crippen molar-refractivity contribution in [3.05, 3.63) is 0 Å². The topological polar surface area (TPSA) is 49.6 Å². The van der Waals surface area contributed by atoms with E-state index in [9.17, 15) is 4.79 Å². The van der Waals surface area contributed by atoms with Crippen molar-refractivity contribution in [1.82, 2.24) is 9.80 Å². The molecule has 0 bridgehead atoms. The van der Waals surface area contributed by atoms with Crippen molar-refractivity contribution in [3.63, 3.8) is 0 Å². The summed E-state index contributed by atoms with van der Waals surface area (Å²) < 4.78 is 0. The van der Waals surface area contributed by atoms with Crippen LogP contribution in [0, 0.1) is 5.92 Å². The minimum absolute atomic E-state index is 0.254. The van der Waals surface area contributed by atoms with E-state index in [-0.39, 0.29) is 5.91 Å². The predicted molar refractivity (Wildman–Crippen MR) is 59.4 cm³/mol. The lowest BCUT2D eigenvalue weighted by Crippen LogP contribution is -2.53. The molecule has 0 aromatic rings. The van der Waals surface area contributed by atoms with E-state index in [1.165, 1.54) is 19.3 Å². The van der Waals surface area contributed by atoms with E-state index >= 15 is 0 Å². The molecule has 1 heterocycles. The standard InChI is InChI=1S/C11H21N3O/c1-13-5-6-14(8-11(13)15)10-4-2-3-9(10)7-12/h9-10H,2-8,12H2,1H3. The van der Waals surface area contributed by atoms with Crippen LogP contribution < -0.4 is 5.73 Å². The Labute approximate surface area is 91.4 Å². The molecule has 0 spiro atoms. The molecular weight excluding hydrogens is 190 g/mol. The van der Waals surface area contributed by atoms with E-state index in [1.807, 2.05) is 11.9 Å². The van der Waals surface area contributed by atoms with Crippen LogP contribution in [-0.4, -0.2) is 55.0 Å². The molecule has 1 saturated carbocycles. The van der Waals surface area contributed by atoms with Gasteiger partial charge >= 0.3 is 0 Å². The largest absolute Gasteiger partial charge is 0.343 e. The maximum absolute atomic E-state index is 11.6. The van der Waals surface area contributed by atoms with E-state index < -0.39 is 0 Å². The molecule has 2 rings (SSSR count). The van der Waals surface area contributed by atoms with Crippen LogP contribution in [0.3, 0.4) is 0 Å². The van der Waals surface area contributed by atoms with Gasteiger partial charge in [-0.15, -0.1) is 0 Å². The summed E-state index contributed by atoms with van der Waals surface area (Å²) in [5.74, 6) is 0.866. The first kappa shape index (κ1) is 10.9. The summed E-state index contributed by atoms with van der Waals surface area (Å²) in [5.41, 5.74) is 5.77. The second-order valence-electron chi connectivity index (χ2n) is 4.78. The molecule has 2 fully saturated rings. The Balaban J connectivity index is 1.96. The number of hydrogen-bond donors (Lipinski definition) is 1. The van der Waals surface area contributed by atoms with Crippen molar-refractivity contribution in [1.29, 1.82) is 0 Å². The van der Waals surface area contributed by atoms with E-state index in [4.69, 9.17) is 5.73 Å². The Morgan fingerprint density at radius 1 is 1.40 bits per heavy atom. The monoisotopic (exact) mass is 211 g/mol. The number of hydrogen-bond acceptors (Lipinski definition) is 3. The summed E-state index contributed by atoms with van der Waals surface area (Å²) in [7, 11) is 1.88. The van der Waals surface area contributed by atoms with Crippen LogP contribution in [0.1, 0.15) is 19.3 Å². The molecule has 1 aliphatic carbocycles. The van der Waals surface area contributed by atoms with Gasteiger partial charge in [0.15, 0.2) is 0 Å². The molecule has 1 saturated heterocycles. The molecule has 4 nitrogen and oxygen atoms in total. The third kappa shape index (κ3) is 2.16. The first-order valence-electron chi connectivity index (χ1n) is 5.90. The van der Waals surface area contributed by atoms with Gasteiger partial charge < -0.3 is 10.6 Å². The first-order valence-corrected chi connectivity index (χ1v) is 5.90. The van der Waals surface area contributed by atoms with Crippen LogP contribution in [0.25, 0.3) is 0 Å². The molecule has 0 aromatic heterocycles. The first-order chi connectivity index (χ1) is 7.22. The van der Waals surface area contributed by atoms with Gasteiger partial charge in [0.1, 0.15) is 0 Å². The van der Waals surface area contributed by atoms with Gasteiger partial charge in [-0.1, -0.05) is 6.42 Å². The van der Waals surface area contributed by atoms with Gasteiger partial charge in [0, 0.05) is 26.2 Å². The lowest BCUT2D eigenvalue weighted by atomic mass is 10.0. The number of piperazine rings is 1. The molecular formula is C11H21N3O. The summed E-state index contributed by atoms with van der Waals surface area (Å²) in [6, 6.07) is 0.563. The van der Waals surface area contributed by atoms with E-state index in [0.29, 0.717) is 18.5 Å². The molecule has 2 aliphatic rings. The maximum Gasteiger partial charge on any atom is 0.236 e. The highest BCUT2D eigenvalue weighted by atomic mass is 16.2. The van der Waals surface area contributed by atoms with Crippen molar-refractivity contribution in [2.45, 2.75) is 25.3 Å². The summed E-state index contributed by atoms with van der Waals surface area (Å²) >= 11 is 0. The minimum atomic E-state index is 0.254. The summed E-state index contributed by atoms with van der Waals surface area (Å²) in [6.07, 6.45) is 3.73. The van der Waals surface area contributed by atoms with Crippen molar-refractivity contribution in [3.8, 4) is 0 Å². The molecule has 0 aromatic carbocycles. The molecule has 2 atom stereocenters. The zero-order valence-corrected chi connectivity index (χ0v) is 9.48. The van der Waals surface area contributed by atoms with Crippen LogP contribution in [0.15, 0.2) is 0 Å². The van der Waals surface area contributed by atoms with E-state index in [1.54, 1.807) is 0 Å². The summed E-state index contributed by atoms with van der Waals surface area (Å²) in [5, 5.41) is 0. The minimum Gasteiger partial charge on any atom is -0.343 e. The molecule has 0 radical (unpaired) electrons. The van der Waals surface area contributed by atoms with Gasteiger partial charge in [0.25, 0.3) is 0 Å². The molecule has 2 unspecified atom stereocenters. The lowest BCUT2D eigenvalue weighted by Gasteiger charge is -2.38. The third-order valence-electron chi connectivity index (χ3n) is 3.88. The Morgan fingerprint density at radius 3 is 2.87 bits per heavy atom. The van der Waals surface area contributed by atoms with Crippen LogP contribution in [0.5, 0.6) is 0 Å². The van der Waals surface area contributed by atoms with Crippen molar-refractivity contribution in [2.24, 2.45) is 11.7 Å². The fraction of sp³-hybridized carbons (Fsp3) is 0.909. The zero-order chi connectivity index (χ0) is 10.8. The highest BCUT2D eigenvalue weighted by Crippen LogP contribution is 2.29. The number of carbonyl (C=O) groups excluding carboxylic acids is 1. The number of likely N-dealkylation sites (N-methyl/N-ethyl adjacent to an activating group) is 1. The SMILES string of the molecule is CN1CCN(C2CCCC2CN)CC1=O. The average Bonchev–Trinajstić information content (AvgIpc) is 2.70. The zero-order valence-electron chi connectivity index (χ0n) is 9.48. The number of nitrogens with zero attached hydrogens (tertiary/aromatic N) is 2. The number of amides is 1. The predicted octanol–water partition coefficient (Wildman–Crippen LogP) is -0.112. The maximum atomic E-state index is 11.6. The summed E-state index contributed by atoms with van der Waals surface area (Å²) in [4.78, 5) is 15.8. The second kappa shape index (κ2) is 4.49. The Bertz CT molecular complexity index is 244. The fourth-order valence-corrected chi connectivity index (χ4v) is 2.83. The van der Waals surface area contributed by atoms with Gasteiger partial charge in [-0.3, -0.25) is 9.69 Å². The molecule has 2 N–H and O–H groups in total. The van der Waals surface area contributed by atoms with Gasteiger partial charge in [-0.2, -0.15) is 0 Å². The lowest BCUT2D eigenvalue weighted by molar-refractivity contribution is -0.135. The molecule has 86 valence electrons. The van der Waals surface area contributed by atoms with E-state index in [2.05, 4.69) is 4.90 Å². The Kier molecular flexibility index (Phi) is 3.26. The highest BCUT2D eigenvalue weighted by molar-refractivity contribution is 5.78. The smallest absolute Gasteiger partial charge is 0.236 e. The summed E-state index contributed by atoms with van der Waals surface area (Å²) in [6.45, 7) is 3.25. The van der Waals surface area contributed by atoms with Crippen LogP contribution in [-0.2, 0) is 4.79 Å². The quantitative estimate of drug-likeness (QED) is 0.693. The highest BCUT2D eigenvalue weighted by Gasteiger charge is 2.34. The van der Waals surface area contributed by atoms with Crippen LogP contribution in [0.2, 0.25) is 0 Å². The molecule has 1 amide bonds. The van der Waals surface area contributed by atoms with Crippen molar-refractivity contribution >= 4 is 5.91 Å². The molecule has 15 heavy (non-hydrogen) atoms. The molecule has 4 heteroatoms. The number of nitrogens with two attached hydrogens (primary N) is 1. The van der Waals surface area contributed by atoms with Gasteiger partial charge in [-0.25, -0.2) is 0 Å². The number of rotatable bonds is 2. The van der Waals surface area contributed by atoms with Gasteiger partial charge in [0.2, 0.25) is 5.91 Å². The normalized spacial score (nSPS) is 33.7. The van der Waals surface area contributed by atoms with Crippen molar-refractivity contribution < 1.29 is 4.79 Å². The third-order valence-corrected chi connectivity index (χ3v) is 3.88. The average molecular weight is 211 g/mol. The van der Waals surface area contributed by atoms with E-state index in [0.717, 1.165) is 19.6 Å². The second-order valence-corrected chi connectivity index (χ2v) is 4.78.